The lowest BCUT2D eigenvalue weighted by atomic mass is 10.1. The van der Waals surface area contributed by atoms with Gasteiger partial charge in [-0.1, -0.05) is 11.6 Å². The molecule has 4 rings (SSSR count). The van der Waals surface area contributed by atoms with Crippen LogP contribution in [0.15, 0.2) is 77.7 Å². The van der Waals surface area contributed by atoms with Gasteiger partial charge in [0.2, 0.25) is 0 Å². The highest BCUT2D eigenvalue weighted by Crippen LogP contribution is 2.21. The lowest BCUT2D eigenvalue weighted by Gasteiger charge is -2.36. The van der Waals surface area contributed by atoms with Crippen molar-refractivity contribution in [2.75, 3.05) is 35.8 Å². The Morgan fingerprint density at radius 2 is 1.35 bits per heavy atom. The minimum atomic E-state index is -3.79. The SMILES string of the molecule is CC(=O)c1ccc(N2CCN(C(=O)c3ccc(S(=O)(=O)Nc4ccc(Cl)cc4)cc3)CC2)cc1. The van der Waals surface area contributed by atoms with Crippen LogP contribution in [0.4, 0.5) is 11.4 Å². The molecule has 0 aromatic heterocycles. The van der Waals surface area contributed by atoms with E-state index in [1.165, 1.54) is 31.2 Å². The van der Waals surface area contributed by atoms with Crippen molar-refractivity contribution in [3.63, 3.8) is 0 Å². The molecule has 0 aliphatic carbocycles. The van der Waals surface area contributed by atoms with Crippen molar-refractivity contribution in [1.29, 1.82) is 0 Å². The minimum absolute atomic E-state index is 0.0292. The molecule has 34 heavy (non-hydrogen) atoms. The smallest absolute Gasteiger partial charge is 0.261 e. The van der Waals surface area contributed by atoms with Gasteiger partial charge in [0, 0.05) is 53.7 Å². The van der Waals surface area contributed by atoms with Crippen molar-refractivity contribution in [2.45, 2.75) is 11.8 Å². The molecule has 1 N–H and O–H groups in total. The van der Waals surface area contributed by atoms with Gasteiger partial charge in [0.05, 0.1) is 4.90 Å². The number of piperazine rings is 1. The van der Waals surface area contributed by atoms with Crippen LogP contribution in [0.3, 0.4) is 0 Å². The first-order valence-electron chi connectivity index (χ1n) is 10.8. The Kier molecular flexibility index (Phi) is 6.90. The van der Waals surface area contributed by atoms with Crippen molar-refractivity contribution < 1.29 is 18.0 Å². The maximum Gasteiger partial charge on any atom is 0.261 e. The molecule has 0 spiro atoms. The summed E-state index contributed by atoms with van der Waals surface area (Å²) in [5, 5.41) is 0.512. The molecule has 0 atom stereocenters. The normalized spacial score (nSPS) is 14.1. The highest BCUT2D eigenvalue weighted by atomic mass is 35.5. The van der Waals surface area contributed by atoms with Crippen molar-refractivity contribution in [3.05, 3.63) is 88.9 Å². The number of anilines is 2. The maximum atomic E-state index is 12.9. The van der Waals surface area contributed by atoms with Crippen molar-refractivity contribution in [3.8, 4) is 0 Å². The van der Waals surface area contributed by atoms with E-state index in [2.05, 4.69) is 9.62 Å². The molecule has 0 radical (unpaired) electrons. The molecule has 1 fully saturated rings. The number of nitrogens with one attached hydrogen (secondary N) is 1. The third-order valence-corrected chi connectivity index (χ3v) is 7.36. The summed E-state index contributed by atoms with van der Waals surface area (Å²) in [5.74, 6) is -0.109. The molecule has 1 heterocycles. The highest BCUT2D eigenvalue weighted by Gasteiger charge is 2.23. The molecule has 1 amide bonds. The lowest BCUT2D eigenvalue weighted by molar-refractivity contribution is 0.0746. The van der Waals surface area contributed by atoms with Gasteiger partial charge in [0.1, 0.15) is 0 Å². The third kappa shape index (κ3) is 5.40. The van der Waals surface area contributed by atoms with Crippen LogP contribution >= 0.6 is 11.6 Å². The van der Waals surface area contributed by atoms with E-state index < -0.39 is 10.0 Å². The van der Waals surface area contributed by atoms with Crippen LogP contribution in [-0.4, -0.2) is 51.2 Å². The van der Waals surface area contributed by atoms with Crippen LogP contribution in [0.5, 0.6) is 0 Å². The fourth-order valence-corrected chi connectivity index (χ4v) is 4.95. The molecule has 1 saturated heterocycles. The second kappa shape index (κ2) is 9.87. The molecule has 1 aliphatic heterocycles. The van der Waals surface area contributed by atoms with Crippen molar-refractivity contribution >= 4 is 44.7 Å². The van der Waals surface area contributed by atoms with E-state index in [0.29, 0.717) is 48.0 Å². The van der Waals surface area contributed by atoms with E-state index in [4.69, 9.17) is 11.6 Å². The fourth-order valence-electron chi connectivity index (χ4n) is 3.77. The molecule has 1 aliphatic rings. The number of halogens is 1. The van der Waals surface area contributed by atoms with Crippen LogP contribution in [-0.2, 0) is 10.0 Å². The van der Waals surface area contributed by atoms with Gasteiger partial charge in [-0.3, -0.25) is 14.3 Å². The topological polar surface area (TPSA) is 86.8 Å². The van der Waals surface area contributed by atoms with Gasteiger partial charge in [-0.2, -0.15) is 0 Å². The van der Waals surface area contributed by atoms with E-state index >= 15 is 0 Å². The number of Topliss-reactive ketones (excluding diaryl/α,β-unsaturated/α-hetero) is 1. The summed E-state index contributed by atoms with van der Waals surface area (Å²) in [5.41, 5.74) is 2.52. The molecule has 3 aromatic rings. The van der Waals surface area contributed by atoms with E-state index in [-0.39, 0.29) is 16.6 Å². The predicted octanol–water partition coefficient (Wildman–Crippen LogP) is 4.31. The zero-order chi connectivity index (χ0) is 24.3. The number of hydrogen-bond donors (Lipinski definition) is 1. The zero-order valence-electron chi connectivity index (χ0n) is 18.6. The average Bonchev–Trinajstić information content (AvgIpc) is 2.85. The molecule has 0 unspecified atom stereocenters. The molecule has 0 bridgehead atoms. The predicted molar refractivity (Wildman–Crippen MR) is 133 cm³/mol. The first-order valence-corrected chi connectivity index (χ1v) is 12.6. The number of benzene rings is 3. The molecular formula is C25H24ClN3O4S. The number of sulfonamides is 1. The van der Waals surface area contributed by atoms with Gasteiger partial charge < -0.3 is 9.80 Å². The van der Waals surface area contributed by atoms with Gasteiger partial charge in [-0.05, 0) is 79.7 Å². The Labute approximate surface area is 204 Å². The van der Waals surface area contributed by atoms with E-state index in [1.54, 1.807) is 29.2 Å². The minimum Gasteiger partial charge on any atom is -0.368 e. The largest absolute Gasteiger partial charge is 0.368 e. The average molecular weight is 498 g/mol. The summed E-state index contributed by atoms with van der Waals surface area (Å²) in [6, 6.07) is 19.7. The molecule has 176 valence electrons. The quantitative estimate of drug-likeness (QED) is 0.513. The molecule has 0 saturated carbocycles. The van der Waals surface area contributed by atoms with Gasteiger partial charge in [0.25, 0.3) is 15.9 Å². The molecule has 9 heteroatoms. The Morgan fingerprint density at radius 1 is 0.794 bits per heavy atom. The van der Waals surface area contributed by atoms with Crippen LogP contribution in [0.1, 0.15) is 27.6 Å². The van der Waals surface area contributed by atoms with Crippen LogP contribution < -0.4 is 9.62 Å². The van der Waals surface area contributed by atoms with E-state index in [9.17, 15) is 18.0 Å². The van der Waals surface area contributed by atoms with Crippen molar-refractivity contribution in [2.24, 2.45) is 0 Å². The van der Waals surface area contributed by atoms with E-state index in [0.717, 1.165) is 5.69 Å². The molecular weight excluding hydrogens is 474 g/mol. The van der Waals surface area contributed by atoms with Crippen molar-refractivity contribution in [1.82, 2.24) is 4.90 Å². The number of ketones is 1. The fraction of sp³-hybridized carbons (Fsp3) is 0.200. The summed E-state index contributed by atoms with van der Waals surface area (Å²) in [7, 11) is -3.79. The zero-order valence-corrected chi connectivity index (χ0v) is 20.1. The number of amides is 1. The summed E-state index contributed by atoms with van der Waals surface area (Å²) in [6.45, 7) is 3.97. The third-order valence-electron chi connectivity index (χ3n) is 5.71. The van der Waals surface area contributed by atoms with E-state index in [1.807, 2.05) is 24.3 Å². The summed E-state index contributed by atoms with van der Waals surface area (Å²) >= 11 is 5.84. The number of rotatable bonds is 6. The lowest BCUT2D eigenvalue weighted by Crippen LogP contribution is -2.48. The standard InChI is InChI=1S/C25H24ClN3O4S/c1-18(30)19-2-10-23(11-3-19)28-14-16-29(17-15-28)25(31)20-4-12-24(13-5-20)34(32,33)27-22-8-6-21(26)7-9-22/h2-13,27H,14-17H2,1H3. The second-order valence-corrected chi connectivity index (χ2v) is 10.1. The van der Waals surface area contributed by atoms with Crippen LogP contribution in [0.2, 0.25) is 5.02 Å². The number of nitrogens with zero attached hydrogens (tertiary/aromatic N) is 2. The first-order chi connectivity index (χ1) is 16.2. The number of carbonyl (C=O) groups excluding carboxylic acids is 2. The second-order valence-electron chi connectivity index (χ2n) is 8.02. The maximum absolute atomic E-state index is 12.9. The number of carbonyl (C=O) groups is 2. The van der Waals surface area contributed by atoms with Gasteiger partial charge in [-0.25, -0.2) is 8.42 Å². The van der Waals surface area contributed by atoms with Gasteiger partial charge in [0.15, 0.2) is 5.78 Å². The van der Waals surface area contributed by atoms with Gasteiger partial charge >= 0.3 is 0 Å². The summed E-state index contributed by atoms with van der Waals surface area (Å²) in [4.78, 5) is 28.4. The highest BCUT2D eigenvalue weighted by molar-refractivity contribution is 7.92. The summed E-state index contributed by atoms with van der Waals surface area (Å²) in [6.07, 6.45) is 0. The van der Waals surface area contributed by atoms with Crippen LogP contribution in [0, 0.1) is 0 Å². The molecule has 7 nitrogen and oxygen atoms in total. The van der Waals surface area contributed by atoms with Crippen LogP contribution in [0.25, 0.3) is 0 Å². The Bertz CT molecular complexity index is 1280. The Hall–Kier alpha value is -3.36. The molecule has 3 aromatic carbocycles. The Balaban J connectivity index is 1.37. The number of hydrogen-bond acceptors (Lipinski definition) is 5. The Morgan fingerprint density at radius 3 is 1.91 bits per heavy atom. The first kappa shape index (κ1) is 23.8. The monoisotopic (exact) mass is 497 g/mol. The summed E-state index contributed by atoms with van der Waals surface area (Å²) < 4.78 is 27.8. The van der Waals surface area contributed by atoms with Gasteiger partial charge in [-0.15, -0.1) is 0 Å².